The van der Waals surface area contributed by atoms with E-state index in [9.17, 15) is 4.79 Å². The largest absolute Gasteiger partial charge is 0.331 e. The second kappa shape index (κ2) is 3.66. The predicted octanol–water partition coefficient (Wildman–Crippen LogP) is 0.317. The highest BCUT2D eigenvalue weighted by atomic mass is 16.7. The van der Waals surface area contributed by atoms with E-state index in [1.165, 1.54) is 13.1 Å². The molecule has 0 radical (unpaired) electrons. The van der Waals surface area contributed by atoms with E-state index in [4.69, 9.17) is 0 Å². The molecule has 0 aliphatic rings. The SMILES string of the molecule is CC(=O)ON=Cc1cnn(C)c1. The minimum atomic E-state index is -0.435. The molecule has 12 heavy (non-hydrogen) atoms. The average Bonchev–Trinajstić information content (AvgIpc) is 2.35. The fraction of sp³-hybridized carbons (Fsp3) is 0.286. The van der Waals surface area contributed by atoms with E-state index in [-0.39, 0.29) is 0 Å². The third-order valence-electron chi connectivity index (χ3n) is 1.11. The fourth-order valence-electron chi connectivity index (χ4n) is 0.668. The molecular weight excluding hydrogens is 158 g/mol. The van der Waals surface area contributed by atoms with Gasteiger partial charge in [-0.1, -0.05) is 5.16 Å². The van der Waals surface area contributed by atoms with E-state index in [0.29, 0.717) is 0 Å². The lowest BCUT2D eigenvalue weighted by molar-refractivity contribution is -0.140. The number of carbonyl (C=O) groups is 1. The van der Waals surface area contributed by atoms with Crippen LogP contribution in [0, 0.1) is 0 Å². The number of hydrogen-bond donors (Lipinski definition) is 0. The van der Waals surface area contributed by atoms with E-state index < -0.39 is 5.97 Å². The molecule has 1 aromatic heterocycles. The van der Waals surface area contributed by atoms with Gasteiger partial charge in [0.25, 0.3) is 0 Å². The molecule has 5 nitrogen and oxygen atoms in total. The Morgan fingerprint density at radius 1 is 1.83 bits per heavy atom. The van der Waals surface area contributed by atoms with Crippen molar-refractivity contribution >= 4 is 12.2 Å². The molecule has 1 rings (SSSR count). The zero-order valence-corrected chi connectivity index (χ0v) is 6.89. The Bertz CT molecular complexity index is 303. The molecule has 0 unspecified atom stereocenters. The molecule has 0 spiro atoms. The molecule has 0 bridgehead atoms. The van der Waals surface area contributed by atoms with Crippen LogP contribution in [-0.2, 0) is 16.7 Å². The van der Waals surface area contributed by atoms with Crippen molar-refractivity contribution in [2.45, 2.75) is 6.92 Å². The standard InChI is InChI=1S/C7H9N3O2/c1-6(11)12-9-4-7-3-8-10(2)5-7/h3-5H,1-2H3. The molecule has 0 aliphatic carbocycles. The number of oxime groups is 1. The molecule has 1 aromatic rings. The zero-order chi connectivity index (χ0) is 8.97. The molecule has 0 saturated carbocycles. The lowest BCUT2D eigenvalue weighted by Crippen LogP contribution is -1.91. The monoisotopic (exact) mass is 167 g/mol. The Morgan fingerprint density at radius 3 is 3.08 bits per heavy atom. The summed E-state index contributed by atoms with van der Waals surface area (Å²) in [6, 6.07) is 0. The van der Waals surface area contributed by atoms with Crippen molar-refractivity contribution < 1.29 is 9.63 Å². The van der Waals surface area contributed by atoms with Crippen molar-refractivity contribution in [3.63, 3.8) is 0 Å². The summed E-state index contributed by atoms with van der Waals surface area (Å²) in [5, 5.41) is 7.33. The van der Waals surface area contributed by atoms with Crippen molar-refractivity contribution in [1.29, 1.82) is 0 Å². The lowest BCUT2D eigenvalue weighted by atomic mass is 10.4. The van der Waals surface area contributed by atoms with E-state index in [1.807, 2.05) is 0 Å². The number of nitrogens with zero attached hydrogens (tertiary/aromatic N) is 3. The second-order valence-electron chi connectivity index (χ2n) is 2.26. The van der Waals surface area contributed by atoms with Crippen molar-refractivity contribution in [3.8, 4) is 0 Å². The summed E-state index contributed by atoms with van der Waals surface area (Å²) in [5.41, 5.74) is 0.791. The van der Waals surface area contributed by atoms with E-state index in [2.05, 4.69) is 15.1 Å². The van der Waals surface area contributed by atoms with Gasteiger partial charge in [-0.2, -0.15) is 5.10 Å². The van der Waals surface area contributed by atoms with Gasteiger partial charge >= 0.3 is 5.97 Å². The summed E-state index contributed by atoms with van der Waals surface area (Å²) in [6.45, 7) is 1.29. The Balaban J connectivity index is 2.52. The molecule has 5 heteroatoms. The molecule has 0 amide bonds. The summed E-state index contributed by atoms with van der Waals surface area (Å²) >= 11 is 0. The van der Waals surface area contributed by atoms with E-state index in [1.54, 1.807) is 24.1 Å². The third kappa shape index (κ3) is 2.53. The highest BCUT2D eigenvalue weighted by Crippen LogP contribution is 1.91. The van der Waals surface area contributed by atoms with Gasteiger partial charge in [0.2, 0.25) is 0 Å². The summed E-state index contributed by atoms with van der Waals surface area (Å²) in [5.74, 6) is -0.435. The Morgan fingerprint density at radius 2 is 2.58 bits per heavy atom. The Labute approximate surface area is 69.6 Å². The van der Waals surface area contributed by atoms with Gasteiger partial charge in [-0.15, -0.1) is 0 Å². The highest BCUT2D eigenvalue weighted by molar-refractivity contribution is 5.79. The van der Waals surface area contributed by atoms with Crippen LogP contribution in [0.1, 0.15) is 12.5 Å². The molecule has 1 heterocycles. The summed E-state index contributed by atoms with van der Waals surface area (Å²) < 4.78 is 1.63. The van der Waals surface area contributed by atoms with Gasteiger partial charge in [0.1, 0.15) is 0 Å². The average molecular weight is 167 g/mol. The number of rotatable bonds is 2. The van der Waals surface area contributed by atoms with Crippen molar-refractivity contribution in [2.24, 2.45) is 12.2 Å². The van der Waals surface area contributed by atoms with Crippen LogP contribution in [0.25, 0.3) is 0 Å². The number of aryl methyl sites for hydroxylation is 1. The van der Waals surface area contributed by atoms with Crippen LogP contribution in [0.2, 0.25) is 0 Å². The molecule has 0 aliphatic heterocycles. The van der Waals surface area contributed by atoms with Crippen LogP contribution in [-0.4, -0.2) is 22.0 Å². The topological polar surface area (TPSA) is 56.5 Å². The first kappa shape index (κ1) is 8.45. The van der Waals surface area contributed by atoms with Crippen LogP contribution >= 0.6 is 0 Å². The minimum Gasteiger partial charge on any atom is -0.319 e. The summed E-state index contributed by atoms with van der Waals surface area (Å²) in [6.07, 6.45) is 4.80. The van der Waals surface area contributed by atoms with Crippen molar-refractivity contribution in [3.05, 3.63) is 18.0 Å². The second-order valence-corrected chi connectivity index (χ2v) is 2.26. The molecular formula is C7H9N3O2. The van der Waals surface area contributed by atoms with Crippen LogP contribution in [0.4, 0.5) is 0 Å². The molecule has 0 aromatic carbocycles. The van der Waals surface area contributed by atoms with Gasteiger partial charge in [0.15, 0.2) is 0 Å². The molecule has 64 valence electrons. The highest BCUT2D eigenvalue weighted by Gasteiger charge is 1.91. The van der Waals surface area contributed by atoms with Crippen LogP contribution in [0.5, 0.6) is 0 Å². The number of hydrogen-bond acceptors (Lipinski definition) is 4. The maximum atomic E-state index is 10.3. The minimum absolute atomic E-state index is 0.435. The van der Waals surface area contributed by atoms with E-state index >= 15 is 0 Å². The number of carbonyl (C=O) groups excluding carboxylic acids is 1. The first-order valence-corrected chi connectivity index (χ1v) is 3.38. The normalized spacial score (nSPS) is 10.5. The van der Waals surface area contributed by atoms with Gasteiger partial charge in [0.05, 0.1) is 12.4 Å². The molecule has 0 atom stereocenters. The van der Waals surface area contributed by atoms with E-state index in [0.717, 1.165) is 5.56 Å². The fourth-order valence-corrected chi connectivity index (χ4v) is 0.668. The maximum absolute atomic E-state index is 10.3. The smallest absolute Gasteiger partial charge is 0.319 e. The van der Waals surface area contributed by atoms with Gasteiger partial charge in [-0.05, 0) is 0 Å². The van der Waals surface area contributed by atoms with Gasteiger partial charge in [-0.25, -0.2) is 4.79 Å². The third-order valence-corrected chi connectivity index (χ3v) is 1.11. The van der Waals surface area contributed by atoms with Gasteiger partial charge in [-0.3, -0.25) is 4.68 Å². The molecule has 0 saturated heterocycles. The maximum Gasteiger partial charge on any atom is 0.331 e. The zero-order valence-electron chi connectivity index (χ0n) is 6.89. The van der Waals surface area contributed by atoms with Crippen molar-refractivity contribution in [1.82, 2.24) is 9.78 Å². The lowest BCUT2D eigenvalue weighted by Gasteiger charge is -1.86. The Kier molecular flexibility index (Phi) is 2.57. The Hall–Kier alpha value is -1.65. The first-order chi connectivity index (χ1) is 5.68. The van der Waals surface area contributed by atoms with Gasteiger partial charge < -0.3 is 4.84 Å². The first-order valence-electron chi connectivity index (χ1n) is 3.38. The van der Waals surface area contributed by atoms with Crippen LogP contribution < -0.4 is 0 Å². The van der Waals surface area contributed by atoms with Crippen LogP contribution in [0.15, 0.2) is 17.5 Å². The predicted molar refractivity (Wildman–Crippen MR) is 42.6 cm³/mol. The molecule has 0 N–H and O–H groups in total. The van der Waals surface area contributed by atoms with Crippen molar-refractivity contribution in [2.75, 3.05) is 0 Å². The van der Waals surface area contributed by atoms with Crippen LogP contribution in [0.3, 0.4) is 0 Å². The number of aromatic nitrogens is 2. The quantitative estimate of drug-likeness (QED) is 0.362. The molecule has 0 fully saturated rings. The van der Waals surface area contributed by atoms with Gasteiger partial charge in [0, 0.05) is 25.7 Å². The summed E-state index contributed by atoms with van der Waals surface area (Å²) in [7, 11) is 1.79. The summed E-state index contributed by atoms with van der Waals surface area (Å²) in [4.78, 5) is 14.6.